The second-order valence-electron chi connectivity index (χ2n) is 3.61. The molecule has 0 radical (unpaired) electrons. The lowest BCUT2D eigenvalue weighted by atomic mass is 9.94. The number of Topliss-reactive ketones (excluding diaryl/α,β-unsaturated/α-hetero) is 1. The standard InChI is InChI=1S/C13H7F2NO2/c14-9-4-8(5-10(15)6-9)11(7-16)13(17)12-2-1-3-18-12/h1-6,11H. The van der Waals surface area contributed by atoms with Crippen molar-refractivity contribution in [3.05, 3.63) is 59.6 Å². The van der Waals surface area contributed by atoms with Crippen LogP contribution in [-0.4, -0.2) is 5.78 Å². The summed E-state index contributed by atoms with van der Waals surface area (Å²) in [4.78, 5) is 11.9. The lowest BCUT2D eigenvalue weighted by molar-refractivity contribution is 0.0952. The Morgan fingerprint density at radius 2 is 1.94 bits per heavy atom. The van der Waals surface area contributed by atoms with Gasteiger partial charge in [-0.3, -0.25) is 4.79 Å². The van der Waals surface area contributed by atoms with Crippen molar-refractivity contribution >= 4 is 5.78 Å². The van der Waals surface area contributed by atoms with Gasteiger partial charge in [0.05, 0.1) is 12.3 Å². The molecule has 0 aliphatic rings. The summed E-state index contributed by atoms with van der Waals surface area (Å²) in [5, 5.41) is 8.97. The first-order chi connectivity index (χ1) is 8.61. The van der Waals surface area contributed by atoms with Gasteiger partial charge in [0.25, 0.3) is 0 Å². The predicted molar refractivity (Wildman–Crippen MR) is 57.8 cm³/mol. The van der Waals surface area contributed by atoms with Gasteiger partial charge in [-0.1, -0.05) is 0 Å². The third kappa shape index (κ3) is 2.28. The van der Waals surface area contributed by atoms with E-state index in [4.69, 9.17) is 9.68 Å². The number of hydrogen-bond donors (Lipinski definition) is 0. The van der Waals surface area contributed by atoms with Crippen molar-refractivity contribution in [3.63, 3.8) is 0 Å². The van der Waals surface area contributed by atoms with E-state index in [0.29, 0.717) is 6.07 Å². The van der Waals surface area contributed by atoms with E-state index < -0.39 is 23.3 Å². The first kappa shape index (κ1) is 12.0. The van der Waals surface area contributed by atoms with Crippen LogP contribution >= 0.6 is 0 Å². The molecule has 0 amide bonds. The predicted octanol–water partition coefficient (Wildman–Crippen LogP) is 3.05. The zero-order valence-corrected chi connectivity index (χ0v) is 9.06. The molecular formula is C13H7F2NO2. The first-order valence-electron chi connectivity index (χ1n) is 5.05. The van der Waals surface area contributed by atoms with Crippen LogP contribution in [0.5, 0.6) is 0 Å². The number of rotatable bonds is 3. The maximum absolute atomic E-state index is 13.0. The van der Waals surface area contributed by atoms with E-state index in [2.05, 4.69) is 0 Å². The van der Waals surface area contributed by atoms with Crippen LogP contribution in [0.3, 0.4) is 0 Å². The number of ketones is 1. The highest BCUT2D eigenvalue weighted by molar-refractivity contribution is 6.00. The number of nitriles is 1. The average molecular weight is 247 g/mol. The Bertz CT molecular complexity index is 594. The second kappa shape index (κ2) is 4.80. The van der Waals surface area contributed by atoms with Gasteiger partial charge in [-0.25, -0.2) is 8.78 Å². The zero-order chi connectivity index (χ0) is 13.1. The van der Waals surface area contributed by atoms with E-state index in [-0.39, 0.29) is 11.3 Å². The van der Waals surface area contributed by atoms with Gasteiger partial charge >= 0.3 is 0 Å². The number of hydrogen-bond acceptors (Lipinski definition) is 3. The fourth-order valence-corrected chi connectivity index (χ4v) is 1.59. The fraction of sp³-hybridized carbons (Fsp3) is 0.0769. The van der Waals surface area contributed by atoms with Gasteiger partial charge in [-0.15, -0.1) is 0 Å². The fourth-order valence-electron chi connectivity index (χ4n) is 1.59. The minimum absolute atomic E-state index is 0.0220. The Labute approximate surface area is 101 Å². The Morgan fingerprint density at radius 1 is 1.28 bits per heavy atom. The molecule has 0 aliphatic heterocycles. The number of benzene rings is 1. The van der Waals surface area contributed by atoms with Crippen LogP contribution in [0.2, 0.25) is 0 Å². The largest absolute Gasteiger partial charge is 0.461 e. The van der Waals surface area contributed by atoms with Crippen molar-refractivity contribution in [1.82, 2.24) is 0 Å². The third-order valence-electron chi connectivity index (χ3n) is 2.37. The van der Waals surface area contributed by atoms with Crippen molar-refractivity contribution in [2.24, 2.45) is 0 Å². The molecule has 0 saturated carbocycles. The smallest absolute Gasteiger partial charge is 0.219 e. The van der Waals surface area contributed by atoms with Gasteiger partial charge in [-0.05, 0) is 29.8 Å². The Kier molecular flexibility index (Phi) is 3.20. The molecule has 0 saturated heterocycles. The maximum Gasteiger partial charge on any atom is 0.219 e. The average Bonchev–Trinajstić information content (AvgIpc) is 2.81. The van der Waals surface area contributed by atoms with E-state index in [1.54, 1.807) is 6.07 Å². The van der Waals surface area contributed by atoms with E-state index in [0.717, 1.165) is 12.1 Å². The van der Waals surface area contributed by atoms with E-state index >= 15 is 0 Å². The minimum Gasteiger partial charge on any atom is -0.461 e. The number of furan rings is 1. The van der Waals surface area contributed by atoms with Crippen LogP contribution < -0.4 is 0 Å². The highest BCUT2D eigenvalue weighted by Gasteiger charge is 2.24. The van der Waals surface area contributed by atoms with E-state index in [9.17, 15) is 13.6 Å². The molecular weight excluding hydrogens is 240 g/mol. The Hall–Kier alpha value is -2.48. The van der Waals surface area contributed by atoms with Gasteiger partial charge < -0.3 is 4.42 Å². The second-order valence-corrected chi connectivity index (χ2v) is 3.61. The first-order valence-corrected chi connectivity index (χ1v) is 5.05. The molecule has 1 aromatic carbocycles. The Balaban J connectivity index is 2.40. The molecule has 0 bridgehead atoms. The number of carbonyl (C=O) groups is 1. The van der Waals surface area contributed by atoms with Crippen molar-refractivity contribution in [1.29, 1.82) is 5.26 Å². The molecule has 0 fully saturated rings. The van der Waals surface area contributed by atoms with Gasteiger partial charge in [0.15, 0.2) is 5.76 Å². The van der Waals surface area contributed by atoms with Gasteiger partial charge in [0, 0.05) is 6.07 Å². The van der Waals surface area contributed by atoms with Crippen LogP contribution in [0.15, 0.2) is 41.0 Å². The molecule has 1 heterocycles. The molecule has 3 nitrogen and oxygen atoms in total. The molecule has 2 aromatic rings. The summed E-state index contributed by atoms with van der Waals surface area (Å²) in [5.74, 6) is -3.62. The molecule has 2 rings (SSSR count). The van der Waals surface area contributed by atoms with E-state index in [1.165, 1.54) is 18.4 Å². The molecule has 5 heteroatoms. The van der Waals surface area contributed by atoms with E-state index in [1.807, 2.05) is 0 Å². The normalized spacial score (nSPS) is 11.8. The summed E-state index contributed by atoms with van der Waals surface area (Å²) in [6.45, 7) is 0. The molecule has 0 spiro atoms. The monoisotopic (exact) mass is 247 g/mol. The Morgan fingerprint density at radius 3 is 2.44 bits per heavy atom. The van der Waals surface area contributed by atoms with Crippen LogP contribution in [0.25, 0.3) is 0 Å². The minimum atomic E-state index is -1.29. The number of carbonyl (C=O) groups excluding carboxylic acids is 1. The molecule has 1 unspecified atom stereocenters. The van der Waals surface area contributed by atoms with Crippen LogP contribution in [0.1, 0.15) is 22.0 Å². The lowest BCUT2D eigenvalue weighted by Crippen LogP contribution is -2.11. The summed E-state index contributed by atoms with van der Waals surface area (Å²) < 4.78 is 31.0. The summed E-state index contributed by atoms with van der Waals surface area (Å²) in [6, 6.07) is 7.19. The SMILES string of the molecule is N#CC(C(=O)c1ccco1)c1cc(F)cc(F)c1. The molecule has 0 aliphatic carbocycles. The van der Waals surface area contributed by atoms with Crippen molar-refractivity contribution in [2.45, 2.75) is 5.92 Å². The molecule has 1 aromatic heterocycles. The molecule has 90 valence electrons. The summed E-state index contributed by atoms with van der Waals surface area (Å²) in [5.41, 5.74) is -0.0311. The summed E-state index contributed by atoms with van der Waals surface area (Å²) in [7, 11) is 0. The maximum atomic E-state index is 13.0. The van der Waals surface area contributed by atoms with Gasteiger partial charge in [0.1, 0.15) is 17.6 Å². The molecule has 1 atom stereocenters. The highest BCUT2D eigenvalue weighted by Crippen LogP contribution is 2.22. The van der Waals surface area contributed by atoms with Crippen LogP contribution in [-0.2, 0) is 0 Å². The highest BCUT2D eigenvalue weighted by atomic mass is 19.1. The van der Waals surface area contributed by atoms with Crippen molar-refractivity contribution in [3.8, 4) is 6.07 Å². The molecule has 0 N–H and O–H groups in total. The summed E-state index contributed by atoms with van der Waals surface area (Å²) in [6.07, 6.45) is 1.29. The topological polar surface area (TPSA) is 54.0 Å². The summed E-state index contributed by atoms with van der Waals surface area (Å²) >= 11 is 0. The van der Waals surface area contributed by atoms with Gasteiger partial charge in [0.2, 0.25) is 5.78 Å². The van der Waals surface area contributed by atoms with Gasteiger partial charge in [-0.2, -0.15) is 5.26 Å². The quantitative estimate of drug-likeness (QED) is 0.783. The number of nitrogens with zero attached hydrogens (tertiary/aromatic N) is 1. The van der Waals surface area contributed by atoms with Crippen LogP contribution in [0.4, 0.5) is 8.78 Å². The van der Waals surface area contributed by atoms with Crippen molar-refractivity contribution in [2.75, 3.05) is 0 Å². The molecule has 18 heavy (non-hydrogen) atoms. The van der Waals surface area contributed by atoms with Crippen molar-refractivity contribution < 1.29 is 18.0 Å². The number of halogens is 2. The zero-order valence-electron chi connectivity index (χ0n) is 9.06. The van der Waals surface area contributed by atoms with Crippen LogP contribution in [0, 0.1) is 23.0 Å². The lowest BCUT2D eigenvalue weighted by Gasteiger charge is -2.07. The third-order valence-corrected chi connectivity index (χ3v) is 2.37.